The lowest BCUT2D eigenvalue weighted by Crippen LogP contribution is -2.31. The van der Waals surface area contributed by atoms with E-state index in [9.17, 15) is 9.59 Å². The van der Waals surface area contributed by atoms with Crippen molar-refractivity contribution in [2.75, 3.05) is 38.7 Å². The molecule has 0 saturated carbocycles. The fourth-order valence-electron chi connectivity index (χ4n) is 3.41. The molecule has 5 nitrogen and oxygen atoms in total. The smallest absolute Gasteiger partial charge is 0.204 e. The molecule has 0 heterocycles. The summed E-state index contributed by atoms with van der Waals surface area (Å²) in [5.41, 5.74) is 3.89. The molecule has 0 atom stereocenters. The maximum absolute atomic E-state index is 11.7. The van der Waals surface area contributed by atoms with Gasteiger partial charge in [-0.25, -0.2) is 0 Å². The van der Waals surface area contributed by atoms with Gasteiger partial charge in [0.25, 0.3) is 0 Å². The number of hydrogen-bond acceptors (Lipinski definition) is 6. The van der Waals surface area contributed by atoms with Crippen molar-refractivity contribution in [1.29, 1.82) is 0 Å². The molecule has 1 aliphatic carbocycles. The van der Waals surface area contributed by atoms with Crippen molar-refractivity contribution in [3.63, 3.8) is 0 Å². The second kappa shape index (κ2) is 9.90. The van der Waals surface area contributed by atoms with Crippen molar-refractivity contribution in [1.82, 2.24) is 5.32 Å². The molecular weight excluding hydrogens is 372 g/mol. The molecule has 0 unspecified atom stereocenters. The van der Waals surface area contributed by atoms with Crippen LogP contribution in [-0.2, 0) is 14.9 Å². The van der Waals surface area contributed by atoms with Crippen LogP contribution in [0.5, 0.6) is 0 Å². The zero-order valence-corrected chi connectivity index (χ0v) is 19.5. The Balaban J connectivity index is 0.000000330. The molecular formula is C22H36N2O3S. The van der Waals surface area contributed by atoms with Crippen molar-refractivity contribution in [2.24, 2.45) is 5.41 Å². The van der Waals surface area contributed by atoms with Crippen LogP contribution in [0.15, 0.2) is 15.9 Å². The molecule has 28 heavy (non-hydrogen) atoms. The van der Waals surface area contributed by atoms with Gasteiger partial charge in [-0.05, 0) is 24.8 Å². The summed E-state index contributed by atoms with van der Waals surface area (Å²) in [5, 5.41) is 6.21. The van der Waals surface area contributed by atoms with Gasteiger partial charge in [-0.2, -0.15) is 0 Å². The lowest BCUT2D eigenvalue weighted by Gasteiger charge is -2.30. The van der Waals surface area contributed by atoms with Crippen LogP contribution in [0.4, 0.5) is 5.69 Å². The van der Waals surface area contributed by atoms with E-state index in [2.05, 4.69) is 31.4 Å². The summed E-state index contributed by atoms with van der Waals surface area (Å²) >= 11 is 5.07. The third-order valence-electron chi connectivity index (χ3n) is 4.59. The van der Waals surface area contributed by atoms with Crippen LogP contribution >= 0.6 is 12.2 Å². The van der Waals surface area contributed by atoms with E-state index in [1.54, 1.807) is 0 Å². The van der Waals surface area contributed by atoms with E-state index in [4.69, 9.17) is 17.0 Å². The van der Waals surface area contributed by atoms with E-state index in [0.29, 0.717) is 36.5 Å². The number of nitrogens with one attached hydrogen (secondary N) is 2. The van der Waals surface area contributed by atoms with E-state index in [1.807, 2.05) is 34.7 Å². The highest BCUT2D eigenvalue weighted by molar-refractivity contribution is 7.71. The molecule has 0 radical (unpaired) electrons. The van der Waals surface area contributed by atoms with Crippen molar-refractivity contribution in [3.8, 4) is 0 Å². The summed E-state index contributed by atoms with van der Waals surface area (Å²) in [4.78, 5) is 22.7. The quantitative estimate of drug-likeness (QED) is 0.526. The summed E-state index contributed by atoms with van der Waals surface area (Å²) in [5.74, 6) is 0.338. The van der Waals surface area contributed by atoms with E-state index in [1.165, 1.54) is 5.57 Å². The van der Waals surface area contributed by atoms with Crippen LogP contribution in [0.1, 0.15) is 60.5 Å². The Morgan fingerprint density at radius 2 is 1.57 bits per heavy atom. The fourth-order valence-corrected chi connectivity index (χ4v) is 3.68. The molecule has 0 bridgehead atoms. The minimum Gasteiger partial charge on any atom is -0.381 e. The van der Waals surface area contributed by atoms with E-state index in [0.717, 1.165) is 23.4 Å². The summed E-state index contributed by atoms with van der Waals surface area (Å²) in [6, 6.07) is 0. The predicted molar refractivity (Wildman–Crippen MR) is 120 cm³/mol. The van der Waals surface area contributed by atoms with Gasteiger partial charge in [0.05, 0.1) is 18.9 Å². The summed E-state index contributed by atoms with van der Waals surface area (Å²) in [6.07, 6.45) is 0.687. The summed E-state index contributed by atoms with van der Waals surface area (Å²) < 4.78 is 5.83. The molecule has 6 heteroatoms. The zero-order valence-electron chi connectivity index (χ0n) is 18.7. The molecule has 1 aromatic carbocycles. The Hall–Kier alpha value is -1.37. The van der Waals surface area contributed by atoms with Crippen molar-refractivity contribution in [2.45, 2.75) is 60.3 Å². The minimum absolute atomic E-state index is 0.0103. The van der Waals surface area contributed by atoms with E-state index >= 15 is 0 Å². The molecule has 2 rings (SSSR count). The largest absolute Gasteiger partial charge is 0.381 e. The molecule has 1 aromatic rings. The van der Waals surface area contributed by atoms with Gasteiger partial charge >= 0.3 is 0 Å². The van der Waals surface area contributed by atoms with Crippen LogP contribution in [0.2, 0.25) is 0 Å². The van der Waals surface area contributed by atoms with Gasteiger partial charge in [0.1, 0.15) is 4.51 Å². The van der Waals surface area contributed by atoms with Gasteiger partial charge in [-0.1, -0.05) is 59.3 Å². The number of Topliss-reactive ketones (excluding diaryl/α,β-unsaturated/α-hetero) is 1. The maximum Gasteiger partial charge on any atom is 0.204 e. The lowest BCUT2D eigenvalue weighted by molar-refractivity contribution is -0.117. The van der Waals surface area contributed by atoms with Crippen molar-refractivity contribution in [3.05, 3.63) is 31.4 Å². The average Bonchev–Trinajstić information content (AvgIpc) is 2.53. The Kier molecular flexibility index (Phi) is 8.72. The number of rotatable bonds is 7. The summed E-state index contributed by atoms with van der Waals surface area (Å²) in [6.45, 7) is 17.2. The number of hydrogen-bond donors (Lipinski definition) is 2. The third kappa shape index (κ3) is 6.33. The molecule has 1 aliphatic rings. The standard InChI is InChI=1S/C13H22N2O2S.C9H14O/c1-13(2,3)9-10(12(18)11(9)16)15-6-8-17-7-5-14-4;1-6-5-7(10)8(6)9(2,3)4/h14-15H,5-8H2,1-4H3;5H2,1-4H3. The first-order valence-corrected chi connectivity index (χ1v) is 10.3. The number of ketones is 1. The Labute approximate surface area is 174 Å². The lowest BCUT2D eigenvalue weighted by atomic mass is 9.73. The zero-order chi connectivity index (χ0) is 21.7. The first-order valence-electron chi connectivity index (χ1n) is 9.85. The molecule has 158 valence electrons. The van der Waals surface area contributed by atoms with Gasteiger partial charge in [0, 0.05) is 30.6 Å². The second-order valence-electron chi connectivity index (χ2n) is 9.31. The monoisotopic (exact) mass is 408 g/mol. The molecule has 0 saturated heterocycles. The summed E-state index contributed by atoms with van der Waals surface area (Å²) in [7, 11) is 1.89. The first kappa shape index (κ1) is 24.7. The second-order valence-corrected chi connectivity index (χ2v) is 9.71. The van der Waals surface area contributed by atoms with Gasteiger partial charge < -0.3 is 15.4 Å². The number of carbonyl (C=O) groups is 1. The van der Waals surface area contributed by atoms with Crippen molar-refractivity contribution < 1.29 is 9.53 Å². The maximum atomic E-state index is 11.7. The van der Waals surface area contributed by atoms with Gasteiger partial charge in [-0.3, -0.25) is 9.59 Å². The molecule has 0 fully saturated rings. The van der Waals surface area contributed by atoms with Crippen LogP contribution in [0.25, 0.3) is 0 Å². The number of likely N-dealkylation sites (N-methyl/N-ethyl adjacent to an activating group) is 1. The Bertz CT molecular complexity index is 788. The highest BCUT2D eigenvalue weighted by atomic mass is 32.1. The molecule has 0 spiro atoms. The average molecular weight is 409 g/mol. The topological polar surface area (TPSA) is 67.4 Å². The number of anilines is 1. The molecule has 0 aliphatic heterocycles. The minimum atomic E-state index is -0.158. The predicted octanol–water partition coefficient (Wildman–Crippen LogP) is 3.92. The van der Waals surface area contributed by atoms with Crippen LogP contribution < -0.4 is 16.1 Å². The van der Waals surface area contributed by atoms with Gasteiger partial charge in [-0.15, -0.1) is 0 Å². The van der Waals surface area contributed by atoms with Gasteiger partial charge in [0.15, 0.2) is 5.78 Å². The van der Waals surface area contributed by atoms with E-state index < -0.39 is 0 Å². The molecule has 0 amide bonds. The van der Waals surface area contributed by atoms with Crippen LogP contribution in [0, 0.1) is 9.93 Å². The Morgan fingerprint density at radius 1 is 1.00 bits per heavy atom. The fraction of sp³-hybridized carbons (Fsp3) is 0.682. The molecule has 0 aromatic heterocycles. The van der Waals surface area contributed by atoms with Gasteiger partial charge in [0.2, 0.25) is 5.43 Å². The normalized spacial score (nSPS) is 14.6. The van der Waals surface area contributed by atoms with Crippen molar-refractivity contribution >= 4 is 23.7 Å². The van der Waals surface area contributed by atoms with E-state index in [-0.39, 0.29) is 16.3 Å². The highest BCUT2D eigenvalue weighted by Crippen LogP contribution is 2.37. The number of carbonyl (C=O) groups excluding carboxylic acids is 1. The first-order chi connectivity index (χ1) is 12.8. The highest BCUT2D eigenvalue weighted by Gasteiger charge is 2.32. The Morgan fingerprint density at radius 3 is 1.96 bits per heavy atom. The number of allylic oxidation sites excluding steroid dienone is 2. The van der Waals surface area contributed by atoms with Crippen LogP contribution in [0.3, 0.4) is 0 Å². The number of ether oxygens (including phenoxy) is 1. The SMILES string of the molecule is CC1=C(C(C)(C)C)C(=O)C1.CNCCOCCNc1c(C(C)(C)C)c(=O)c1=S. The molecule has 2 N–H and O–H groups in total. The third-order valence-corrected chi connectivity index (χ3v) is 4.98. The van der Waals surface area contributed by atoms with Crippen LogP contribution in [-0.4, -0.2) is 39.1 Å².